The average molecular weight is 321 g/mol. The molecule has 2 heterocycles. The lowest BCUT2D eigenvalue weighted by atomic mass is 10.00. The molecule has 0 aliphatic heterocycles. The number of carbonyl (C=O) groups is 1. The van der Waals surface area contributed by atoms with Gasteiger partial charge in [-0.15, -0.1) is 0 Å². The third-order valence-corrected chi connectivity index (χ3v) is 3.97. The number of rotatable bonds is 7. The normalized spacial score (nSPS) is 13.9. The van der Waals surface area contributed by atoms with Gasteiger partial charge in [0, 0.05) is 24.6 Å². The first kappa shape index (κ1) is 17.1. The van der Waals surface area contributed by atoms with Gasteiger partial charge in [0.05, 0.1) is 12.6 Å². The molecule has 0 unspecified atom stereocenters. The van der Waals surface area contributed by atoms with Crippen LogP contribution in [0.3, 0.4) is 0 Å². The van der Waals surface area contributed by atoms with Crippen molar-refractivity contribution < 1.29 is 9.90 Å². The van der Waals surface area contributed by atoms with Crippen molar-refractivity contribution in [2.24, 2.45) is 5.92 Å². The number of aromatic nitrogens is 4. The van der Waals surface area contributed by atoms with Crippen molar-refractivity contribution >= 4 is 11.7 Å². The quantitative estimate of drug-likeness (QED) is 0.673. The summed E-state index contributed by atoms with van der Waals surface area (Å²) < 4.78 is 1.26. The summed E-state index contributed by atoms with van der Waals surface area (Å²) in [5.74, 6) is 0.889. The maximum absolute atomic E-state index is 12.0. The molecule has 0 saturated carbocycles. The van der Waals surface area contributed by atoms with Crippen LogP contribution in [0.5, 0.6) is 0 Å². The van der Waals surface area contributed by atoms with E-state index in [0.29, 0.717) is 23.7 Å². The van der Waals surface area contributed by atoms with Crippen molar-refractivity contribution in [2.45, 2.75) is 46.1 Å². The second-order valence-electron chi connectivity index (χ2n) is 5.78. The lowest BCUT2D eigenvalue weighted by Gasteiger charge is -2.21. The van der Waals surface area contributed by atoms with E-state index in [9.17, 15) is 14.7 Å². The number of nitrogens with zero attached hydrogens (tertiary/aromatic N) is 3. The van der Waals surface area contributed by atoms with Gasteiger partial charge in [-0.25, -0.2) is 4.98 Å². The predicted molar refractivity (Wildman–Crippen MR) is 85.1 cm³/mol. The number of nitrogens with one attached hydrogen (secondary N) is 2. The number of aliphatic hydroxyl groups excluding tert-OH is 1. The summed E-state index contributed by atoms with van der Waals surface area (Å²) in [4.78, 5) is 32.2. The predicted octanol–water partition coefficient (Wildman–Crippen LogP) is 0.182. The fraction of sp³-hybridized carbons (Fsp3) is 0.600. The first-order valence-corrected chi connectivity index (χ1v) is 7.80. The van der Waals surface area contributed by atoms with Crippen LogP contribution >= 0.6 is 0 Å². The minimum atomic E-state index is -0.241. The van der Waals surface area contributed by atoms with Crippen molar-refractivity contribution in [3.8, 4) is 0 Å². The molecule has 0 aliphatic rings. The highest BCUT2D eigenvalue weighted by Crippen LogP contribution is 2.07. The van der Waals surface area contributed by atoms with Crippen LogP contribution in [0.15, 0.2) is 10.9 Å². The van der Waals surface area contributed by atoms with Gasteiger partial charge in [-0.3, -0.25) is 14.7 Å². The molecule has 0 fully saturated rings. The van der Waals surface area contributed by atoms with Gasteiger partial charge in [-0.2, -0.15) is 9.50 Å². The smallest absolute Gasteiger partial charge is 0.274 e. The Morgan fingerprint density at radius 2 is 2.22 bits per heavy atom. The number of fused-ring (bicyclic) bond motifs is 1. The van der Waals surface area contributed by atoms with Gasteiger partial charge < -0.3 is 10.4 Å². The molecule has 3 N–H and O–H groups in total. The molecule has 0 spiro atoms. The number of aliphatic hydroxyl groups is 1. The van der Waals surface area contributed by atoms with E-state index in [0.717, 1.165) is 6.42 Å². The van der Waals surface area contributed by atoms with E-state index < -0.39 is 0 Å². The van der Waals surface area contributed by atoms with Crippen LogP contribution in [0.1, 0.15) is 38.2 Å². The highest BCUT2D eigenvalue weighted by Gasteiger charge is 2.17. The Labute approximate surface area is 133 Å². The summed E-state index contributed by atoms with van der Waals surface area (Å²) in [6, 6.07) is 1.18. The Bertz CT molecular complexity index is 736. The zero-order valence-electron chi connectivity index (χ0n) is 13.7. The van der Waals surface area contributed by atoms with Crippen LogP contribution < -0.4 is 10.9 Å². The largest absolute Gasteiger partial charge is 0.394 e. The molecule has 1 amide bonds. The Morgan fingerprint density at radius 3 is 2.87 bits per heavy atom. The number of amides is 1. The van der Waals surface area contributed by atoms with Crippen molar-refractivity contribution in [3.63, 3.8) is 0 Å². The minimum Gasteiger partial charge on any atom is -0.394 e. The number of H-pyrrole nitrogens is 1. The Kier molecular flexibility index (Phi) is 5.49. The number of hydrogen-bond acceptors (Lipinski definition) is 5. The molecule has 0 radical (unpaired) electrons. The molecule has 0 aliphatic carbocycles. The number of carbonyl (C=O) groups excluding carboxylic acids is 1. The Hall–Kier alpha value is -2.22. The molecule has 0 saturated heterocycles. The van der Waals surface area contributed by atoms with Gasteiger partial charge >= 0.3 is 0 Å². The first-order chi connectivity index (χ1) is 10.9. The fourth-order valence-electron chi connectivity index (χ4n) is 2.31. The standard InChI is InChI=1S/C15H23N5O3/c1-4-9(2)11(8-21)17-13(22)6-5-12-18-15-16-10(3)7-14(23)20(15)19-12/h7,9,11,21H,4-6,8H2,1-3H3,(H,17,22)(H,16,18,19)/t9-,11-/m0/s1. The van der Waals surface area contributed by atoms with Crippen molar-refractivity contribution in [1.82, 2.24) is 24.9 Å². The topological polar surface area (TPSA) is 112 Å². The second-order valence-corrected chi connectivity index (χ2v) is 5.78. The van der Waals surface area contributed by atoms with E-state index in [-0.39, 0.29) is 36.5 Å². The highest BCUT2D eigenvalue weighted by atomic mass is 16.3. The zero-order chi connectivity index (χ0) is 17.0. The van der Waals surface area contributed by atoms with E-state index in [1.807, 2.05) is 13.8 Å². The third-order valence-electron chi connectivity index (χ3n) is 3.97. The van der Waals surface area contributed by atoms with Gasteiger partial charge in [0.2, 0.25) is 5.91 Å². The van der Waals surface area contributed by atoms with Crippen LogP contribution in [0, 0.1) is 12.8 Å². The van der Waals surface area contributed by atoms with E-state index in [1.54, 1.807) is 6.92 Å². The summed E-state index contributed by atoms with van der Waals surface area (Å²) >= 11 is 0. The summed E-state index contributed by atoms with van der Waals surface area (Å²) in [6.45, 7) is 5.65. The summed E-state index contributed by atoms with van der Waals surface area (Å²) in [7, 11) is 0. The summed E-state index contributed by atoms with van der Waals surface area (Å²) in [5, 5.41) is 15.0. The molecule has 0 aromatic carbocycles. The molecule has 126 valence electrons. The number of aryl methyl sites for hydroxylation is 2. The van der Waals surface area contributed by atoms with Crippen LogP contribution in [-0.2, 0) is 11.2 Å². The van der Waals surface area contributed by atoms with E-state index in [1.165, 1.54) is 10.6 Å². The minimum absolute atomic E-state index is 0.0794. The molecule has 8 nitrogen and oxygen atoms in total. The molecule has 2 atom stereocenters. The Balaban J connectivity index is 1.99. The Morgan fingerprint density at radius 1 is 1.48 bits per heavy atom. The van der Waals surface area contributed by atoms with E-state index in [4.69, 9.17) is 0 Å². The number of aromatic amines is 1. The van der Waals surface area contributed by atoms with Gasteiger partial charge in [0.25, 0.3) is 11.3 Å². The van der Waals surface area contributed by atoms with Crippen LogP contribution in [-0.4, -0.2) is 43.2 Å². The van der Waals surface area contributed by atoms with Gasteiger partial charge in [-0.1, -0.05) is 20.3 Å². The van der Waals surface area contributed by atoms with E-state index >= 15 is 0 Å². The highest BCUT2D eigenvalue weighted by molar-refractivity contribution is 5.76. The molecular weight excluding hydrogens is 298 g/mol. The second kappa shape index (κ2) is 7.36. The van der Waals surface area contributed by atoms with Crippen LogP contribution in [0.2, 0.25) is 0 Å². The monoisotopic (exact) mass is 321 g/mol. The molecule has 2 aromatic heterocycles. The van der Waals surface area contributed by atoms with Crippen molar-refractivity contribution in [3.05, 3.63) is 27.9 Å². The SMILES string of the molecule is CC[C@H](C)[C@H](CO)NC(=O)CCc1nc2nc(C)cc(=O)n2[nH]1. The molecule has 2 aromatic rings. The average Bonchev–Trinajstić information content (AvgIpc) is 2.93. The third kappa shape index (κ3) is 4.16. The van der Waals surface area contributed by atoms with Crippen LogP contribution in [0.25, 0.3) is 5.78 Å². The number of hydrogen-bond donors (Lipinski definition) is 3. The lowest BCUT2D eigenvalue weighted by Crippen LogP contribution is -2.41. The van der Waals surface area contributed by atoms with Crippen molar-refractivity contribution in [1.29, 1.82) is 0 Å². The zero-order valence-corrected chi connectivity index (χ0v) is 13.7. The van der Waals surface area contributed by atoms with Crippen molar-refractivity contribution in [2.75, 3.05) is 6.61 Å². The summed E-state index contributed by atoms with van der Waals surface area (Å²) in [5.41, 5.74) is 0.373. The molecule has 8 heteroatoms. The van der Waals surface area contributed by atoms with E-state index in [2.05, 4.69) is 20.4 Å². The molecular formula is C15H23N5O3. The maximum atomic E-state index is 12.0. The maximum Gasteiger partial charge on any atom is 0.274 e. The van der Waals surface area contributed by atoms with Crippen LogP contribution in [0.4, 0.5) is 0 Å². The fourth-order valence-corrected chi connectivity index (χ4v) is 2.31. The molecule has 0 bridgehead atoms. The molecule has 23 heavy (non-hydrogen) atoms. The summed E-state index contributed by atoms with van der Waals surface area (Å²) in [6.07, 6.45) is 1.47. The first-order valence-electron chi connectivity index (χ1n) is 7.80. The van der Waals surface area contributed by atoms with Gasteiger partial charge in [-0.05, 0) is 12.8 Å². The molecule has 2 rings (SSSR count). The van der Waals surface area contributed by atoms with Gasteiger partial charge in [0.1, 0.15) is 5.82 Å². The lowest BCUT2D eigenvalue weighted by molar-refractivity contribution is -0.122. The van der Waals surface area contributed by atoms with Gasteiger partial charge in [0.15, 0.2) is 0 Å².